The van der Waals surface area contributed by atoms with E-state index in [1.54, 1.807) is 0 Å². The van der Waals surface area contributed by atoms with Gasteiger partial charge in [-0.15, -0.1) is 0 Å². The Hall–Kier alpha value is -0.250. The molecule has 35 heavy (non-hydrogen) atoms. The van der Waals surface area contributed by atoms with Gasteiger partial charge in [-0.05, 0) is 69.1 Å². The highest BCUT2D eigenvalue weighted by Gasteiger charge is 2.55. The number of alkyl halides is 1. The van der Waals surface area contributed by atoms with Crippen molar-refractivity contribution in [1.29, 1.82) is 0 Å². The first kappa shape index (κ1) is 26.4. The number of hydrazine groups is 1. The number of carbonyl (C=O) groups is 1. The van der Waals surface area contributed by atoms with Gasteiger partial charge in [0.25, 0.3) is 0 Å². The molecular weight excluding hydrogens is 506 g/mol. The van der Waals surface area contributed by atoms with E-state index in [4.69, 9.17) is 5.73 Å². The summed E-state index contributed by atoms with van der Waals surface area (Å²) in [5.74, 6) is 2.58. The molecular formula is C27H48BrN5O2. The molecule has 5 rings (SSSR count). The van der Waals surface area contributed by atoms with Gasteiger partial charge in [0.1, 0.15) is 0 Å². The molecule has 2 aliphatic carbocycles. The highest BCUT2D eigenvalue weighted by atomic mass is 79.9. The summed E-state index contributed by atoms with van der Waals surface area (Å²) in [6.45, 7) is 8.30. The second kappa shape index (κ2) is 10.9. The van der Waals surface area contributed by atoms with Gasteiger partial charge >= 0.3 is 0 Å². The number of nitrogens with one attached hydrogen (secondary N) is 2. The first-order valence-electron chi connectivity index (χ1n) is 14.5. The molecule has 11 atom stereocenters. The zero-order valence-electron chi connectivity index (χ0n) is 21.9. The Balaban J connectivity index is 1.35. The first-order valence-corrected chi connectivity index (χ1v) is 15.4. The van der Waals surface area contributed by atoms with Crippen molar-refractivity contribution >= 4 is 21.8 Å². The molecule has 0 spiro atoms. The van der Waals surface area contributed by atoms with E-state index in [-0.39, 0.29) is 41.0 Å². The van der Waals surface area contributed by atoms with Crippen LogP contribution >= 0.6 is 15.9 Å². The zero-order chi connectivity index (χ0) is 24.9. The second-order valence-electron chi connectivity index (χ2n) is 12.3. The molecule has 200 valence electrons. The Morgan fingerprint density at radius 3 is 2.49 bits per heavy atom. The molecule has 1 amide bonds. The number of fused-ring (bicyclic) bond motifs is 1. The lowest BCUT2D eigenvalue weighted by atomic mass is 9.74. The number of carbonyl (C=O) groups excluding carboxylic acids is 1. The molecule has 7 nitrogen and oxygen atoms in total. The fraction of sp³-hybridized carbons (Fsp3) is 0.963. The van der Waals surface area contributed by atoms with E-state index in [9.17, 15) is 9.90 Å². The lowest BCUT2D eigenvalue weighted by Gasteiger charge is -2.49. The number of likely N-dealkylation sites (tertiary alicyclic amines) is 1. The van der Waals surface area contributed by atoms with E-state index in [2.05, 4.69) is 57.4 Å². The van der Waals surface area contributed by atoms with Crippen molar-refractivity contribution in [3.05, 3.63) is 0 Å². The summed E-state index contributed by atoms with van der Waals surface area (Å²) in [5.41, 5.74) is 10.4. The van der Waals surface area contributed by atoms with Crippen LogP contribution in [0.1, 0.15) is 78.6 Å². The number of aliphatic hydroxyl groups excluding tert-OH is 1. The van der Waals surface area contributed by atoms with Crippen molar-refractivity contribution in [1.82, 2.24) is 20.7 Å². The topological polar surface area (TPSA) is 93.9 Å². The maximum atomic E-state index is 13.8. The molecule has 0 bridgehead atoms. The third-order valence-electron chi connectivity index (χ3n) is 10.3. The number of nitrogens with zero attached hydrogens (tertiary/aromatic N) is 2. The molecule has 2 saturated carbocycles. The Bertz CT molecular complexity index is 753. The highest BCUT2D eigenvalue weighted by molar-refractivity contribution is 9.09. The molecule has 5 aliphatic rings. The van der Waals surface area contributed by atoms with E-state index in [1.807, 2.05) is 0 Å². The quantitative estimate of drug-likeness (QED) is 0.298. The number of hydrogen-bond acceptors (Lipinski definition) is 6. The molecule has 11 unspecified atom stereocenters. The van der Waals surface area contributed by atoms with Gasteiger partial charge in [0.2, 0.25) is 5.91 Å². The fourth-order valence-electron chi connectivity index (χ4n) is 7.98. The van der Waals surface area contributed by atoms with Crippen LogP contribution in [0.25, 0.3) is 0 Å². The molecule has 0 radical (unpaired) electrons. The normalized spacial score (nSPS) is 45.8. The summed E-state index contributed by atoms with van der Waals surface area (Å²) in [6, 6.07) is 1.02. The van der Waals surface area contributed by atoms with Gasteiger partial charge in [0.15, 0.2) is 0 Å². The minimum atomic E-state index is -0.249. The average molecular weight is 555 g/mol. The lowest BCUT2D eigenvalue weighted by Crippen LogP contribution is -2.62. The number of piperidine rings is 2. The van der Waals surface area contributed by atoms with E-state index < -0.39 is 0 Å². The van der Waals surface area contributed by atoms with Crippen molar-refractivity contribution in [2.45, 2.75) is 120 Å². The molecule has 5 fully saturated rings. The maximum absolute atomic E-state index is 13.8. The molecule has 3 saturated heterocycles. The summed E-state index contributed by atoms with van der Waals surface area (Å²) in [6.07, 6.45) is 9.59. The van der Waals surface area contributed by atoms with Crippen molar-refractivity contribution in [3.8, 4) is 0 Å². The van der Waals surface area contributed by atoms with E-state index in [1.165, 1.54) is 19.3 Å². The van der Waals surface area contributed by atoms with Gasteiger partial charge in [0.05, 0.1) is 23.0 Å². The van der Waals surface area contributed by atoms with Gasteiger partial charge in [-0.1, -0.05) is 43.1 Å². The van der Waals surface area contributed by atoms with Crippen molar-refractivity contribution in [2.24, 2.45) is 35.3 Å². The Morgan fingerprint density at radius 2 is 1.86 bits per heavy atom. The average Bonchev–Trinajstić information content (AvgIpc) is 3.63. The van der Waals surface area contributed by atoms with E-state index >= 15 is 0 Å². The van der Waals surface area contributed by atoms with Crippen LogP contribution < -0.4 is 16.5 Å². The Labute approximate surface area is 220 Å². The lowest BCUT2D eigenvalue weighted by molar-refractivity contribution is -0.144. The summed E-state index contributed by atoms with van der Waals surface area (Å²) >= 11 is 3.61. The summed E-state index contributed by atoms with van der Waals surface area (Å²) < 4.78 is 0. The second-order valence-corrected chi connectivity index (χ2v) is 13.4. The summed E-state index contributed by atoms with van der Waals surface area (Å²) in [7, 11) is 0. The summed E-state index contributed by atoms with van der Waals surface area (Å²) in [5, 5.41) is 17.2. The van der Waals surface area contributed by atoms with E-state index in [0.29, 0.717) is 30.5 Å². The molecule has 0 aromatic carbocycles. The predicted molar refractivity (Wildman–Crippen MR) is 143 cm³/mol. The number of hydrogen-bond donors (Lipinski definition) is 4. The maximum Gasteiger partial charge on any atom is 0.228 e. The Morgan fingerprint density at radius 1 is 1.11 bits per heavy atom. The highest BCUT2D eigenvalue weighted by Crippen LogP contribution is 2.47. The fourth-order valence-corrected chi connectivity index (χ4v) is 8.60. The van der Waals surface area contributed by atoms with Crippen molar-refractivity contribution in [2.75, 3.05) is 13.1 Å². The van der Waals surface area contributed by atoms with E-state index in [0.717, 1.165) is 56.9 Å². The zero-order valence-corrected chi connectivity index (χ0v) is 23.5. The van der Waals surface area contributed by atoms with Gasteiger partial charge < -0.3 is 21.1 Å². The minimum Gasteiger partial charge on any atom is -0.391 e. The third-order valence-corrected chi connectivity index (χ3v) is 11.0. The minimum absolute atomic E-state index is 0.108. The van der Waals surface area contributed by atoms with Crippen LogP contribution in [0.2, 0.25) is 0 Å². The number of rotatable bonds is 6. The molecule has 0 aromatic heterocycles. The largest absolute Gasteiger partial charge is 0.391 e. The smallest absolute Gasteiger partial charge is 0.228 e. The number of nitrogens with two attached hydrogens (primary N) is 1. The molecule has 0 aromatic rings. The standard InChI is InChI=1S/C27H48BrN5O2/c1-4-15(3)26-25-20(5-2)32(27(35)18-14-30-24(28)13-19(18)29)11-10-22(25)33(31-26)21-9-8-17(12-23(21)34)16-6-7-16/h15-26,30-31,34H,4-14,29H2,1-3H3. The van der Waals surface area contributed by atoms with Crippen LogP contribution in [-0.2, 0) is 4.79 Å². The van der Waals surface area contributed by atoms with Gasteiger partial charge in [-0.3, -0.25) is 10.2 Å². The van der Waals surface area contributed by atoms with Crippen molar-refractivity contribution < 1.29 is 9.90 Å². The number of amides is 1. The Kier molecular flexibility index (Phi) is 8.17. The number of aliphatic hydroxyl groups is 1. The third kappa shape index (κ3) is 5.09. The van der Waals surface area contributed by atoms with Crippen LogP contribution in [0.5, 0.6) is 0 Å². The van der Waals surface area contributed by atoms with Crippen LogP contribution in [0.15, 0.2) is 0 Å². The monoisotopic (exact) mass is 553 g/mol. The van der Waals surface area contributed by atoms with Gasteiger partial charge in [0, 0.05) is 43.2 Å². The summed E-state index contributed by atoms with van der Waals surface area (Å²) in [4.78, 5) is 16.2. The predicted octanol–water partition coefficient (Wildman–Crippen LogP) is 2.81. The first-order chi connectivity index (χ1) is 16.8. The number of halogens is 1. The van der Waals surface area contributed by atoms with Crippen LogP contribution in [0.3, 0.4) is 0 Å². The molecule has 8 heteroatoms. The molecule has 3 heterocycles. The van der Waals surface area contributed by atoms with Crippen molar-refractivity contribution in [3.63, 3.8) is 0 Å². The molecule has 5 N–H and O–H groups in total. The van der Waals surface area contributed by atoms with Gasteiger partial charge in [-0.25, -0.2) is 5.01 Å². The SMILES string of the molecule is CCC(C)C1NN(C2CCC(C3CC3)CC2O)C2CCN(C(=O)C3CNC(Br)CC3N)C(CC)C12. The molecule has 3 aliphatic heterocycles. The van der Waals surface area contributed by atoms with Crippen LogP contribution in [0.4, 0.5) is 0 Å². The van der Waals surface area contributed by atoms with Crippen LogP contribution in [-0.4, -0.2) is 75.3 Å². The van der Waals surface area contributed by atoms with Crippen LogP contribution in [0, 0.1) is 29.6 Å². The van der Waals surface area contributed by atoms with Gasteiger partial charge in [-0.2, -0.15) is 0 Å².